The number of benzene rings is 1. The van der Waals surface area contributed by atoms with Crippen molar-refractivity contribution in [3.63, 3.8) is 0 Å². The average molecular weight is 362 g/mol. The summed E-state index contributed by atoms with van der Waals surface area (Å²) in [6, 6.07) is 11.0. The van der Waals surface area contributed by atoms with E-state index in [1.54, 1.807) is 6.07 Å². The van der Waals surface area contributed by atoms with Crippen molar-refractivity contribution in [2.45, 2.75) is 13.1 Å². The molecule has 2 rings (SSSR count). The predicted octanol–water partition coefficient (Wildman–Crippen LogP) is 0.426. The Labute approximate surface area is 152 Å². The molecule has 2 aromatic rings. The van der Waals surface area contributed by atoms with Crippen LogP contribution in [0, 0.1) is 0 Å². The Morgan fingerprint density at radius 1 is 1.12 bits per heavy atom. The lowest BCUT2D eigenvalue weighted by molar-refractivity contribution is -0.872. The highest BCUT2D eigenvalue weighted by atomic mass is 35.5. The van der Waals surface area contributed by atoms with Crippen molar-refractivity contribution in [1.29, 1.82) is 0 Å². The maximum Gasteiger partial charge on any atom is 0.270 e. The minimum absolute atomic E-state index is 0.117. The lowest BCUT2D eigenvalue weighted by atomic mass is 10.1. The largest absolute Gasteiger partial charge is 0.350 e. The van der Waals surface area contributed by atoms with E-state index in [1.807, 2.05) is 18.2 Å². The second kappa shape index (κ2) is 9.15. The Hall–Kier alpha value is -2.44. The highest BCUT2D eigenvalue weighted by Crippen LogP contribution is 2.08. The van der Waals surface area contributed by atoms with Crippen LogP contribution >= 0.6 is 11.6 Å². The fraction of sp³-hybridized carbons (Fsp3) is 0.278. The standard InChI is InChI=1S/C18H21ClN4O2/c1-23(2)12-14-6-4-3-5-13(14)10-21-17(24)11-22-18(25)16-9-15(19)7-8-20-16/h3-9H,10-12H2,1-2H3,(H,21,24)(H,22,25)/p+1. The normalized spacial score (nSPS) is 10.6. The van der Waals surface area contributed by atoms with Gasteiger partial charge >= 0.3 is 0 Å². The van der Waals surface area contributed by atoms with Crippen LogP contribution in [0.4, 0.5) is 0 Å². The van der Waals surface area contributed by atoms with Crippen molar-refractivity contribution < 1.29 is 14.5 Å². The quantitative estimate of drug-likeness (QED) is 0.669. The molecule has 0 radical (unpaired) electrons. The van der Waals surface area contributed by atoms with Gasteiger partial charge in [0, 0.05) is 23.3 Å². The van der Waals surface area contributed by atoms with Gasteiger partial charge in [-0.25, -0.2) is 0 Å². The number of rotatable bonds is 7. The van der Waals surface area contributed by atoms with Crippen molar-refractivity contribution in [1.82, 2.24) is 15.6 Å². The van der Waals surface area contributed by atoms with Gasteiger partial charge in [0.25, 0.3) is 5.91 Å². The third-order valence-corrected chi connectivity index (χ3v) is 3.74. The smallest absolute Gasteiger partial charge is 0.270 e. The van der Waals surface area contributed by atoms with Gasteiger partial charge < -0.3 is 15.5 Å². The molecule has 0 atom stereocenters. The Morgan fingerprint density at radius 2 is 1.84 bits per heavy atom. The van der Waals surface area contributed by atoms with Crippen LogP contribution < -0.4 is 15.5 Å². The van der Waals surface area contributed by atoms with Gasteiger partial charge in [-0.05, 0) is 17.7 Å². The number of carbonyl (C=O) groups is 2. The molecule has 1 aromatic carbocycles. The van der Waals surface area contributed by atoms with Crippen molar-refractivity contribution in [2.24, 2.45) is 0 Å². The molecule has 7 heteroatoms. The van der Waals surface area contributed by atoms with E-state index in [0.717, 1.165) is 12.1 Å². The van der Waals surface area contributed by atoms with Gasteiger partial charge in [0.15, 0.2) is 0 Å². The van der Waals surface area contributed by atoms with E-state index in [1.165, 1.54) is 22.7 Å². The van der Waals surface area contributed by atoms with Crippen molar-refractivity contribution in [2.75, 3.05) is 20.6 Å². The molecular formula is C18H22ClN4O2+. The maximum atomic E-state index is 12.0. The topological polar surface area (TPSA) is 75.5 Å². The number of nitrogens with zero attached hydrogens (tertiary/aromatic N) is 1. The van der Waals surface area contributed by atoms with Crippen LogP contribution in [0.25, 0.3) is 0 Å². The van der Waals surface area contributed by atoms with Crippen molar-refractivity contribution >= 4 is 23.4 Å². The molecule has 1 aromatic heterocycles. The SMILES string of the molecule is C[NH+](C)Cc1ccccc1CNC(=O)CNC(=O)c1cc(Cl)ccn1. The maximum absolute atomic E-state index is 12.0. The Bertz CT molecular complexity index is 749. The first-order valence-electron chi connectivity index (χ1n) is 7.98. The van der Waals surface area contributed by atoms with E-state index in [4.69, 9.17) is 11.6 Å². The lowest BCUT2D eigenvalue weighted by Crippen LogP contribution is -3.04. The second-order valence-electron chi connectivity index (χ2n) is 5.97. The van der Waals surface area contributed by atoms with Crippen molar-refractivity contribution in [3.05, 3.63) is 64.4 Å². The summed E-state index contributed by atoms with van der Waals surface area (Å²) in [5, 5.41) is 5.77. The zero-order valence-electron chi connectivity index (χ0n) is 14.3. The van der Waals surface area contributed by atoms with Crippen molar-refractivity contribution in [3.8, 4) is 0 Å². The van der Waals surface area contributed by atoms with Gasteiger partial charge in [-0.1, -0.05) is 35.9 Å². The van der Waals surface area contributed by atoms with Gasteiger partial charge in [0.1, 0.15) is 12.2 Å². The highest BCUT2D eigenvalue weighted by molar-refractivity contribution is 6.30. The third kappa shape index (κ3) is 6.17. The Kier molecular flexibility index (Phi) is 6.91. The number of pyridine rings is 1. The lowest BCUT2D eigenvalue weighted by Gasteiger charge is -2.13. The number of hydrogen-bond acceptors (Lipinski definition) is 3. The second-order valence-corrected chi connectivity index (χ2v) is 6.41. The van der Waals surface area contributed by atoms with Crippen LogP contribution in [0.15, 0.2) is 42.6 Å². The van der Waals surface area contributed by atoms with Crippen LogP contribution in [0.1, 0.15) is 21.6 Å². The molecule has 25 heavy (non-hydrogen) atoms. The molecule has 0 aliphatic heterocycles. The van der Waals surface area contributed by atoms with Crippen LogP contribution in [-0.2, 0) is 17.9 Å². The van der Waals surface area contributed by atoms with Gasteiger partial charge in [-0.2, -0.15) is 0 Å². The molecular weight excluding hydrogens is 340 g/mol. The summed E-state index contributed by atoms with van der Waals surface area (Å²) in [5.74, 6) is -0.698. The molecule has 3 N–H and O–H groups in total. The molecule has 132 valence electrons. The summed E-state index contributed by atoms with van der Waals surface area (Å²) in [7, 11) is 4.16. The molecule has 0 saturated heterocycles. The number of quaternary nitrogens is 1. The minimum Gasteiger partial charge on any atom is -0.350 e. The average Bonchev–Trinajstić information content (AvgIpc) is 2.58. The first kappa shape index (κ1) is 18.9. The molecule has 1 heterocycles. The molecule has 0 aliphatic carbocycles. The van der Waals surface area contributed by atoms with E-state index in [2.05, 4.69) is 35.8 Å². The monoisotopic (exact) mass is 361 g/mol. The van der Waals surface area contributed by atoms with Gasteiger partial charge in [0.05, 0.1) is 20.6 Å². The predicted molar refractivity (Wildman–Crippen MR) is 96.4 cm³/mol. The molecule has 2 amide bonds. The van der Waals surface area contributed by atoms with Crippen LogP contribution in [-0.4, -0.2) is 37.4 Å². The zero-order chi connectivity index (χ0) is 18.2. The van der Waals surface area contributed by atoms with Gasteiger partial charge in [-0.3, -0.25) is 14.6 Å². The summed E-state index contributed by atoms with van der Waals surface area (Å²) in [5.41, 5.74) is 2.44. The fourth-order valence-corrected chi connectivity index (χ4v) is 2.48. The molecule has 0 spiro atoms. The fourth-order valence-electron chi connectivity index (χ4n) is 2.32. The van der Waals surface area contributed by atoms with Gasteiger partial charge in [0.2, 0.25) is 5.91 Å². The molecule has 0 bridgehead atoms. The van der Waals surface area contributed by atoms with E-state index in [9.17, 15) is 9.59 Å². The van der Waals surface area contributed by atoms with E-state index >= 15 is 0 Å². The van der Waals surface area contributed by atoms with Crippen LogP contribution in [0.2, 0.25) is 5.02 Å². The first-order valence-corrected chi connectivity index (χ1v) is 8.36. The number of nitrogens with one attached hydrogen (secondary N) is 3. The summed E-state index contributed by atoms with van der Waals surface area (Å²) in [6.45, 7) is 1.19. The zero-order valence-corrected chi connectivity index (χ0v) is 15.1. The molecule has 0 saturated carbocycles. The summed E-state index contributed by atoms with van der Waals surface area (Å²) in [4.78, 5) is 29.1. The Balaban J connectivity index is 1.84. The number of aromatic nitrogens is 1. The molecule has 0 fully saturated rings. The number of amides is 2. The molecule has 0 unspecified atom stereocenters. The Morgan fingerprint density at radius 3 is 2.52 bits per heavy atom. The van der Waals surface area contributed by atoms with Crippen LogP contribution in [0.5, 0.6) is 0 Å². The molecule has 6 nitrogen and oxygen atoms in total. The van der Waals surface area contributed by atoms with E-state index in [-0.39, 0.29) is 18.1 Å². The minimum atomic E-state index is -0.436. The number of hydrogen-bond donors (Lipinski definition) is 3. The molecule has 0 aliphatic rings. The highest BCUT2D eigenvalue weighted by Gasteiger charge is 2.11. The van der Waals surface area contributed by atoms with Crippen LogP contribution in [0.3, 0.4) is 0 Å². The third-order valence-electron chi connectivity index (χ3n) is 3.50. The van der Waals surface area contributed by atoms with Gasteiger partial charge in [-0.15, -0.1) is 0 Å². The summed E-state index contributed by atoms with van der Waals surface area (Å²) in [6.07, 6.45) is 1.45. The summed E-state index contributed by atoms with van der Waals surface area (Å²) < 4.78 is 0. The number of halogens is 1. The number of carbonyl (C=O) groups excluding carboxylic acids is 2. The van der Waals surface area contributed by atoms with E-state index < -0.39 is 5.91 Å². The van der Waals surface area contributed by atoms with E-state index in [0.29, 0.717) is 11.6 Å². The summed E-state index contributed by atoms with van der Waals surface area (Å²) >= 11 is 5.82. The first-order chi connectivity index (χ1) is 12.0.